The maximum Gasteiger partial charge on any atom is 0.159 e. The molecule has 1 aliphatic rings. The summed E-state index contributed by atoms with van der Waals surface area (Å²) < 4.78 is 11.1. The van der Waals surface area contributed by atoms with Crippen molar-refractivity contribution in [2.45, 2.75) is 90.4 Å². The van der Waals surface area contributed by atoms with Crippen molar-refractivity contribution in [1.29, 1.82) is 0 Å². The average molecular weight is 285 g/mol. The molecule has 0 aromatic carbocycles. The second-order valence-electron chi connectivity index (χ2n) is 5.92. The number of unbranched alkanes of at least 4 members (excludes halogenated alkanes) is 7. The first-order chi connectivity index (χ1) is 9.86. The maximum atomic E-state index is 5.55. The van der Waals surface area contributed by atoms with Gasteiger partial charge in [0.25, 0.3) is 0 Å². The Hall–Kier alpha value is -0.120. The largest absolute Gasteiger partial charge is 0.350 e. The van der Waals surface area contributed by atoms with Gasteiger partial charge >= 0.3 is 0 Å². The van der Waals surface area contributed by atoms with Gasteiger partial charge in [-0.05, 0) is 13.0 Å². The van der Waals surface area contributed by atoms with E-state index in [4.69, 9.17) is 9.47 Å². The lowest BCUT2D eigenvalue weighted by Gasteiger charge is -2.20. The molecule has 1 saturated heterocycles. The van der Waals surface area contributed by atoms with E-state index in [1.54, 1.807) is 0 Å². The molecule has 0 saturated carbocycles. The van der Waals surface area contributed by atoms with Gasteiger partial charge in [0, 0.05) is 12.5 Å². The van der Waals surface area contributed by atoms with Crippen LogP contribution in [0.2, 0.25) is 0 Å². The second-order valence-corrected chi connectivity index (χ2v) is 5.92. The average Bonchev–Trinajstić information content (AvgIpc) is 2.95. The van der Waals surface area contributed by atoms with Gasteiger partial charge in [-0.1, -0.05) is 65.2 Å². The number of rotatable bonds is 13. The van der Waals surface area contributed by atoms with Gasteiger partial charge in [0.1, 0.15) is 0 Å². The number of hydrogen-bond acceptors (Lipinski definition) is 3. The molecule has 0 radical (unpaired) electrons. The van der Waals surface area contributed by atoms with E-state index in [-0.39, 0.29) is 6.29 Å². The zero-order valence-electron chi connectivity index (χ0n) is 13.7. The van der Waals surface area contributed by atoms with E-state index < -0.39 is 0 Å². The molecule has 120 valence electrons. The van der Waals surface area contributed by atoms with Crippen molar-refractivity contribution in [3.05, 3.63) is 0 Å². The first-order valence-corrected chi connectivity index (χ1v) is 8.83. The Morgan fingerprint density at radius 1 is 0.900 bits per heavy atom. The molecule has 1 atom stereocenters. The molecule has 20 heavy (non-hydrogen) atoms. The van der Waals surface area contributed by atoms with Gasteiger partial charge in [0.2, 0.25) is 0 Å². The maximum absolute atomic E-state index is 5.55. The van der Waals surface area contributed by atoms with Crippen molar-refractivity contribution in [3.63, 3.8) is 0 Å². The number of nitrogens with one attached hydrogen (secondary N) is 1. The number of ether oxygens (including phenoxy) is 2. The minimum Gasteiger partial charge on any atom is -0.350 e. The molecule has 1 rings (SSSR count). The highest BCUT2D eigenvalue weighted by Crippen LogP contribution is 2.16. The highest BCUT2D eigenvalue weighted by molar-refractivity contribution is 4.69. The Morgan fingerprint density at radius 3 is 2.10 bits per heavy atom. The van der Waals surface area contributed by atoms with Crippen LogP contribution in [0.5, 0.6) is 0 Å². The summed E-state index contributed by atoms with van der Waals surface area (Å²) in [6.07, 6.45) is 13.4. The third kappa shape index (κ3) is 8.93. The van der Waals surface area contributed by atoms with E-state index in [0.717, 1.165) is 26.2 Å². The fraction of sp³-hybridized carbons (Fsp3) is 1.00. The van der Waals surface area contributed by atoms with E-state index in [2.05, 4.69) is 19.2 Å². The first kappa shape index (κ1) is 17.9. The molecule has 1 heterocycles. The standard InChI is InChI=1S/C17H35NO2/c1-3-5-6-7-8-9-10-11-12-16(18-4-2)15-17-19-13-14-20-17/h16-18H,3-15H2,1-2H3. The SMILES string of the molecule is CCCCCCCCCCC(CC1OCCO1)NCC. The van der Waals surface area contributed by atoms with Crippen molar-refractivity contribution < 1.29 is 9.47 Å². The smallest absolute Gasteiger partial charge is 0.159 e. The molecular formula is C17H35NO2. The van der Waals surface area contributed by atoms with Gasteiger partial charge in [-0.15, -0.1) is 0 Å². The summed E-state index contributed by atoms with van der Waals surface area (Å²) in [4.78, 5) is 0. The third-order valence-corrected chi connectivity index (χ3v) is 4.07. The molecule has 0 bridgehead atoms. The molecular weight excluding hydrogens is 250 g/mol. The Bertz CT molecular complexity index is 205. The zero-order valence-corrected chi connectivity index (χ0v) is 13.7. The molecule has 1 aliphatic heterocycles. The molecule has 0 spiro atoms. The highest BCUT2D eigenvalue weighted by atomic mass is 16.7. The lowest BCUT2D eigenvalue weighted by Crippen LogP contribution is -2.33. The molecule has 0 aliphatic carbocycles. The van der Waals surface area contributed by atoms with Crippen LogP contribution in [-0.4, -0.2) is 32.1 Å². The Balaban J connectivity index is 1.97. The quantitative estimate of drug-likeness (QED) is 0.513. The van der Waals surface area contributed by atoms with E-state index in [1.165, 1.54) is 57.8 Å². The van der Waals surface area contributed by atoms with Crippen LogP contribution in [0.3, 0.4) is 0 Å². The van der Waals surface area contributed by atoms with Crippen molar-refractivity contribution in [2.75, 3.05) is 19.8 Å². The van der Waals surface area contributed by atoms with Gasteiger partial charge in [-0.2, -0.15) is 0 Å². The first-order valence-electron chi connectivity index (χ1n) is 8.83. The molecule has 0 aromatic heterocycles. The molecule has 1 N–H and O–H groups in total. The summed E-state index contributed by atoms with van der Waals surface area (Å²) in [7, 11) is 0. The van der Waals surface area contributed by atoms with Crippen LogP contribution in [0.4, 0.5) is 0 Å². The van der Waals surface area contributed by atoms with Gasteiger partial charge in [0.15, 0.2) is 6.29 Å². The Labute approximate surface area is 125 Å². The van der Waals surface area contributed by atoms with E-state index >= 15 is 0 Å². The Morgan fingerprint density at radius 2 is 1.50 bits per heavy atom. The summed E-state index contributed by atoms with van der Waals surface area (Å²) in [5, 5.41) is 3.57. The summed E-state index contributed by atoms with van der Waals surface area (Å²) in [6, 6.07) is 0.559. The van der Waals surface area contributed by atoms with Crippen LogP contribution in [0, 0.1) is 0 Å². The predicted molar refractivity (Wildman–Crippen MR) is 85.0 cm³/mol. The van der Waals surface area contributed by atoms with E-state index in [1.807, 2.05) is 0 Å². The van der Waals surface area contributed by atoms with Crippen LogP contribution in [0.1, 0.15) is 78.1 Å². The van der Waals surface area contributed by atoms with Crippen molar-refractivity contribution >= 4 is 0 Å². The third-order valence-electron chi connectivity index (χ3n) is 4.07. The van der Waals surface area contributed by atoms with Gasteiger partial charge in [0.05, 0.1) is 13.2 Å². The second kappa shape index (κ2) is 12.6. The van der Waals surface area contributed by atoms with Crippen LogP contribution < -0.4 is 5.32 Å². The minimum atomic E-state index is 0.0353. The van der Waals surface area contributed by atoms with E-state index in [9.17, 15) is 0 Å². The molecule has 0 aromatic rings. The summed E-state index contributed by atoms with van der Waals surface area (Å²) in [5.74, 6) is 0. The number of hydrogen-bond donors (Lipinski definition) is 1. The van der Waals surface area contributed by atoms with Crippen LogP contribution in [0.15, 0.2) is 0 Å². The van der Waals surface area contributed by atoms with Crippen LogP contribution in [0.25, 0.3) is 0 Å². The van der Waals surface area contributed by atoms with E-state index in [0.29, 0.717) is 6.04 Å². The highest BCUT2D eigenvalue weighted by Gasteiger charge is 2.20. The summed E-state index contributed by atoms with van der Waals surface area (Å²) >= 11 is 0. The fourth-order valence-electron chi connectivity index (χ4n) is 2.89. The topological polar surface area (TPSA) is 30.5 Å². The van der Waals surface area contributed by atoms with Gasteiger partial charge < -0.3 is 14.8 Å². The minimum absolute atomic E-state index is 0.0353. The van der Waals surface area contributed by atoms with Crippen molar-refractivity contribution in [3.8, 4) is 0 Å². The molecule has 3 heteroatoms. The van der Waals surface area contributed by atoms with Crippen LogP contribution in [-0.2, 0) is 9.47 Å². The normalized spacial score (nSPS) is 17.7. The molecule has 1 fully saturated rings. The fourth-order valence-corrected chi connectivity index (χ4v) is 2.89. The summed E-state index contributed by atoms with van der Waals surface area (Å²) in [5.41, 5.74) is 0. The summed E-state index contributed by atoms with van der Waals surface area (Å²) in [6.45, 7) is 7.02. The van der Waals surface area contributed by atoms with Gasteiger partial charge in [-0.25, -0.2) is 0 Å². The molecule has 1 unspecified atom stereocenters. The van der Waals surface area contributed by atoms with Crippen LogP contribution >= 0.6 is 0 Å². The monoisotopic (exact) mass is 285 g/mol. The lowest BCUT2D eigenvalue weighted by molar-refractivity contribution is -0.0531. The predicted octanol–water partition coefficient (Wildman–Crippen LogP) is 4.26. The lowest BCUT2D eigenvalue weighted by atomic mass is 10.0. The Kier molecular flexibility index (Phi) is 11.3. The van der Waals surface area contributed by atoms with Gasteiger partial charge in [-0.3, -0.25) is 0 Å². The zero-order chi connectivity index (χ0) is 14.5. The molecule has 3 nitrogen and oxygen atoms in total. The van der Waals surface area contributed by atoms with Crippen molar-refractivity contribution in [2.24, 2.45) is 0 Å². The molecule has 0 amide bonds. The van der Waals surface area contributed by atoms with Crippen molar-refractivity contribution in [1.82, 2.24) is 5.32 Å².